The van der Waals surface area contributed by atoms with E-state index in [1.54, 1.807) is 10.8 Å². The lowest BCUT2D eigenvalue weighted by molar-refractivity contribution is -0.141. The number of anilines is 1. The number of pyridine rings is 1. The van der Waals surface area contributed by atoms with Gasteiger partial charge in [-0.15, -0.1) is 0 Å². The summed E-state index contributed by atoms with van der Waals surface area (Å²) in [6, 6.07) is 8.15. The summed E-state index contributed by atoms with van der Waals surface area (Å²) in [4.78, 5) is 8.49. The Morgan fingerprint density at radius 2 is 1.86 bits per heavy atom. The molecule has 0 radical (unpaired) electrons. The van der Waals surface area contributed by atoms with Gasteiger partial charge >= 0.3 is 6.18 Å². The summed E-state index contributed by atoms with van der Waals surface area (Å²) >= 11 is 0. The van der Waals surface area contributed by atoms with E-state index in [0.717, 1.165) is 42.7 Å². The average Bonchev–Trinajstić information content (AvgIpc) is 3.30. The molecule has 0 aliphatic heterocycles. The zero-order chi connectivity index (χ0) is 20.0. The monoisotopic (exact) mass is 400 g/mol. The fourth-order valence-electron chi connectivity index (χ4n) is 3.96. The molecule has 1 fully saturated rings. The van der Waals surface area contributed by atoms with Crippen LogP contribution in [0, 0.1) is 0 Å². The minimum absolute atomic E-state index is 0.181. The summed E-state index contributed by atoms with van der Waals surface area (Å²) in [5.41, 5.74) is 1.21. The predicted molar refractivity (Wildman–Crippen MR) is 104 cm³/mol. The van der Waals surface area contributed by atoms with E-state index in [-0.39, 0.29) is 11.7 Å². The minimum atomic E-state index is -4.52. The Bertz CT molecular complexity index is 1170. The highest BCUT2D eigenvalue weighted by Gasteiger charge is 2.33. The molecule has 6 nitrogen and oxygen atoms in total. The number of nitrogens with zero attached hydrogens (tertiary/aromatic N) is 4. The van der Waals surface area contributed by atoms with E-state index in [9.17, 15) is 13.2 Å². The van der Waals surface area contributed by atoms with Crippen LogP contribution in [0.25, 0.3) is 27.8 Å². The van der Waals surface area contributed by atoms with Gasteiger partial charge in [0.15, 0.2) is 5.65 Å². The van der Waals surface area contributed by atoms with Gasteiger partial charge in [0.2, 0.25) is 5.95 Å². The van der Waals surface area contributed by atoms with E-state index in [0.29, 0.717) is 17.2 Å². The summed E-state index contributed by atoms with van der Waals surface area (Å²) in [5.74, 6) is 0.515. The maximum Gasteiger partial charge on any atom is 0.433 e. The molecule has 4 aromatic rings. The van der Waals surface area contributed by atoms with E-state index in [1.165, 1.54) is 12.5 Å². The van der Waals surface area contributed by atoms with Crippen LogP contribution in [-0.4, -0.2) is 30.8 Å². The molecular weight excluding hydrogens is 381 g/mol. The maximum atomic E-state index is 13.3. The van der Waals surface area contributed by atoms with Crippen LogP contribution in [0.2, 0.25) is 0 Å². The van der Waals surface area contributed by atoms with Crippen molar-refractivity contribution in [2.45, 2.75) is 44.3 Å². The Balaban J connectivity index is 1.68. The van der Waals surface area contributed by atoms with Crippen LogP contribution in [0.1, 0.15) is 37.8 Å². The van der Waals surface area contributed by atoms with Gasteiger partial charge in [0, 0.05) is 11.4 Å². The zero-order valence-corrected chi connectivity index (χ0v) is 15.5. The molecule has 9 heteroatoms. The van der Waals surface area contributed by atoms with Crippen molar-refractivity contribution in [2.75, 3.05) is 5.32 Å². The van der Waals surface area contributed by atoms with E-state index in [4.69, 9.17) is 0 Å². The number of halogens is 3. The lowest BCUT2D eigenvalue weighted by Gasteiger charge is -2.23. The molecule has 0 spiro atoms. The Morgan fingerprint density at radius 1 is 1.03 bits per heavy atom. The molecule has 0 amide bonds. The molecule has 1 aliphatic rings. The van der Waals surface area contributed by atoms with Gasteiger partial charge in [0.05, 0.1) is 17.4 Å². The number of nitrogens with one attached hydrogen (secondary N) is 2. The Kier molecular flexibility index (Phi) is 4.18. The third-order valence-corrected chi connectivity index (χ3v) is 5.42. The molecule has 1 aliphatic carbocycles. The summed E-state index contributed by atoms with van der Waals surface area (Å²) in [6.07, 6.45) is 2.68. The van der Waals surface area contributed by atoms with Crippen molar-refractivity contribution in [3.05, 3.63) is 42.2 Å². The van der Waals surface area contributed by atoms with E-state index < -0.39 is 11.9 Å². The minimum Gasteiger partial charge on any atom is -0.353 e. The molecule has 5 rings (SSSR count). The van der Waals surface area contributed by atoms with E-state index in [1.807, 2.05) is 18.2 Å². The number of fused-ring (bicyclic) bond motifs is 2. The molecular formula is C20H19F3N6. The standard InChI is InChI=1S/C20H19F3N6/c21-20(22,23)17-9-8-16-18(27-17)29(14-6-7-15-12(10-14)11-24-28-15)19(26-16)25-13-4-2-1-3-5-13/h6-11,13H,1-5H2,(H,24,28)(H,25,26). The second-order valence-corrected chi connectivity index (χ2v) is 7.43. The van der Waals surface area contributed by atoms with Gasteiger partial charge < -0.3 is 5.32 Å². The molecule has 2 N–H and O–H groups in total. The highest BCUT2D eigenvalue weighted by molar-refractivity contribution is 5.83. The van der Waals surface area contributed by atoms with Crippen molar-refractivity contribution < 1.29 is 13.2 Å². The second kappa shape index (κ2) is 6.75. The third-order valence-electron chi connectivity index (χ3n) is 5.42. The number of alkyl halides is 3. The van der Waals surface area contributed by atoms with Gasteiger partial charge in [-0.2, -0.15) is 18.3 Å². The van der Waals surface area contributed by atoms with Crippen LogP contribution in [0.4, 0.5) is 19.1 Å². The van der Waals surface area contributed by atoms with Crippen molar-refractivity contribution in [1.82, 2.24) is 24.7 Å². The predicted octanol–water partition coefficient (Wildman–Crippen LogP) is 5.06. The van der Waals surface area contributed by atoms with Crippen LogP contribution in [0.5, 0.6) is 0 Å². The maximum absolute atomic E-state index is 13.3. The van der Waals surface area contributed by atoms with Crippen molar-refractivity contribution in [2.24, 2.45) is 0 Å². The van der Waals surface area contributed by atoms with Gasteiger partial charge in [-0.1, -0.05) is 19.3 Å². The number of imidazole rings is 1. The van der Waals surface area contributed by atoms with Crippen molar-refractivity contribution >= 4 is 28.0 Å². The molecule has 3 aromatic heterocycles. The number of aromatic nitrogens is 5. The second-order valence-electron chi connectivity index (χ2n) is 7.43. The first-order valence-corrected chi connectivity index (χ1v) is 9.66. The van der Waals surface area contributed by atoms with Gasteiger partial charge in [-0.05, 0) is 43.2 Å². The SMILES string of the molecule is FC(F)(F)c1ccc2nc(NC3CCCCC3)n(-c3ccc4[nH]ncc4c3)c2n1. The largest absolute Gasteiger partial charge is 0.433 e. The normalized spacial score (nSPS) is 16.0. The Labute approximate surface area is 164 Å². The summed E-state index contributed by atoms with van der Waals surface area (Å²) in [6.45, 7) is 0. The van der Waals surface area contributed by atoms with Gasteiger partial charge in [-0.3, -0.25) is 9.67 Å². The van der Waals surface area contributed by atoms with Crippen molar-refractivity contribution in [1.29, 1.82) is 0 Å². The first-order chi connectivity index (χ1) is 14.0. The van der Waals surface area contributed by atoms with Crippen LogP contribution < -0.4 is 5.32 Å². The highest BCUT2D eigenvalue weighted by Crippen LogP contribution is 2.32. The smallest absolute Gasteiger partial charge is 0.353 e. The molecule has 1 saturated carbocycles. The quantitative estimate of drug-likeness (QED) is 0.504. The van der Waals surface area contributed by atoms with Gasteiger partial charge in [0.25, 0.3) is 0 Å². The van der Waals surface area contributed by atoms with Gasteiger partial charge in [-0.25, -0.2) is 9.97 Å². The number of aromatic amines is 1. The lowest BCUT2D eigenvalue weighted by atomic mass is 9.96. The highest BCUT2D eigenvalue weighted by atomic mass is 19.4. The number of hydrogen-bond donors (Lipinski definition) is 2. The molecule has 0 saturated heterocycles. The molecule has 150 valence electrons. The fraction of sp³-hybridized carbons (Fsp3) is 0.350. The number of rotatable bonds is 3. The zero-order valence-electron chi connectivity index (χ0n) is 15.5. The summed E-state index contributed by atoms with van der Waals surface area (Å²) in [7, 11) is 0. The number of H-pyrrole nitrogens is 1. The van der Waals surface area contributed by atoms with Crippen molar-refractivity contribution in [3.63, 3.8) is 0 Å². The van der Waals surface area contributed by atoms with Crippen LogP contribution in [0.15, 0.2) is 36.5 Å². The summed E-state index contributed by atoms with van der Waals surface area (Å²) in [5, 5.41) is 11.2. The number of hydrogen-bond acceptors (Lipinski definition) is 4. The average molecular weight is 400 g/mol. The molecule has 0 unspecified atom stereocenters. The lowest BCUT2D eigenvalue weighted by Crippen LogP contribution is -2.24. The van der Waals surface area contributed by atoms with E-state index >= 15 is 0 Å². The first-order valence-electron chi connectivity index (χ1n) is 9.66. The summed E-state index contributed by atoms with van der Waals surface area (Å²) < 4.78 is 41.5. The van der Waals surface area contributed by atoms with Crippen LogP contribution in [-0.2, 0) is 6.18 Å². The molecule has 3 heterocycles. The third kappa shape index (κ3) is 3.30. The van der Waals surface area contributed by atoms with Crippen molar-refractivity contribution in [3.8, 4) is 5.69 Å². The first kappa shape index (κ1) is 18.0. The molecule has 29 heavy (non-hydrogen) atoms. The topological polar surface area (TPSA) is 71.4 Å². The Hall–Kier alpha value is -3.10. The molecule has 0 bridgehead atoms. The fourth-order valence-corrected chi connectivity index (χ4v) is 3.96. The van der Waals surface area contributed by atoms with E-state index in [2.05, 4.69) is 25.5 Å². The number of benzene rings is 1. The molecule has 1 aromatic carbocycles. The van der Waals surface area contributed by atoms with Gasteiger partial charge in [0.1, 0.15) is 11.2 Å². The van der Waals surface area contributed by atoms with Crippen LogP contribution >= 0.6 is 0 Å². The molecule has 0 atom stereocenters. The Morgan fingerprint density at radius 3 is 2.66 bits per heavy atom. The van der Waals surface area contributed by atoms with Crippen LogP contribution in [0.3, 0.4) is 0 Å².